The van der Waals surface area contributed by atoms with Gasteiger partial charge < -0.3 is 4.74 Å². The largest absolute Gasteiger partial charge is 0.376 e. The molecule has 0 bridgehead atoms. The molecule has 2 aromatic heterocycles. The summed E-state index contributed by atoms with van der Waals surface area (Å²) >= 11 is 0. The van der Waals surface area contributed by atoms with Gasteiger partial charge in [0.25, 0.3) is 0 Å². The molecule has 1 saturated heterocycles. The molecule has 0 saturated carbocycles. The molecule has 1 aromatic carbocycles. The molecule has 7 nitrogen and oxygen atoms in total. The van der Waals surface area contributed by atoms with Crippen molar-refractivity contribution >= 4 is 0 Å². The van der Waals surface area contributed by atoms with Crippen LogP contribution in [-0.2, 0) is 11.3 Å². The summed E-state index contributed by atoms with van der Waals surface area (Å²) < 4.78 is 7.88. The van der Waals surface area contributed by atoms with Crippen molar-refractivity contribution < 1.29 is 4.74 Å². The summed E-state index contributed by atoms with van der Waals surface area (Å²) in [6, 6.07) is 8.27. The molecule has 3 heterocycles. The van der Waals surface area contributed by atoms with Crippen LogP contribution < -0.4 is 0 Å². The van der Waals surface area contributed by atoms with E-state index < -0.39 is 0 Å². The summed E-state index contributed by atoms with van der Waals surface area (Å²) in [5.74, 6) is 1.21. The number of ether oxygens (including phenoxy) is 1. The van der Waals surface area contributed by atoms with Crippen molar-refractivity contribution in [3.05, 3.63) is 59.9 Å². The fourth-order valence-corrected chi connectivity index (χ4v) is 3.61. The minimum absolute atomic E-state index is 0.138. The monoisotopic (exact) mass is 352 g/mol. The Morgan fingerprint density at radius 3 is 3.04 bits per heavy atom. The highest BCUT2D eigenvalue weighted by Crippen LogP contribution is 2.29. The van der Waals surface area contributed by atoms with E-state index in [1.807, 2.05) is 23.0 Å². The molecular weight excluding hydrogens is 328 g/mol. The van der Waals surface area contributed by atoms with Crippen LogP contribution in [-0.4, -0.2) is 56.2 Å². The predicted molar refractivity (Wildman–Crippen MR) is 98.1 cm³/mol. The number of aromatic nitrogens is 5. The summed E-state index contributed by atoms with van der Waals surface area (Å²) in [5, 5.41) is 11.5. The lowest BCUT2D eigenvalue weighted by atomic mass is 10.0. The van der Waals surface area contributed by atoms with Crippen molar-refractivity contribution in [3.8, 4) is 5.69 Å². The van der Waals surface area contributed by atoms with Crippen molar-refractivity contribution in [1.82, 2.24) is 29.9 Å². The van der Waals surface area contributed by atoms with Gasteiger partial charge in [-0.1, -0.05) is 18.2 Å². The normalized spacial score (nSPS) is 20.1. The quantitative estimate of drug-likeness (QED) is 0.737. The lowest BCUT2D eigenvalue weighted by Crippen LogP contribution is -2.32. The number of hydrogen-bond donors (Lipinski definition) is 1. The molecule has 1 aliphatic heterocycles. The molecule has 7 heteroatoms. The Balaban J connectivity index is 1.39. The van der Waals surface area contributed by atoms with E-state index in [9.17, 15) is 0 Å². The molecule has 1 aliphatic rings. The van der Waals surface area contributed by atoms with Gasteiger partial charge in [0.2, 0.25) is 0 Å². The number of nitrogens with zero attached hydrogens (tertiary/aromatic N) is 5. The molecule has 1 fully saturated rings. The fraction of sp³-hybridized carbons (Fsp3) is 0.421. The molecule has 2 atom stereocenters. The zero-order chi connectivity index (χ0) is 17.9. The van der Waals surface area contributed by atoms with Gasteiger partial charge in [-0.25, -0.2) is 9.67 Å². The maximum Gasteiger partial charge on any atom is 0.137 e. The number of para-hydroxylation sites is 1. The minimum Gasteiger partial charge on any atom is -0.376 e. The van der Waals surface area contributed by atoms with E-state index in [0.717, 1.165) is 37.6 Å². The van der Waals surface area contributed by atoms with Crippen molar-refractivity contribution in [2.24, 2.45) is 0 Å². The lowest BCUT2D eigenvalue weighted by molar-refractivity contribution is 0.0711. The third-order valence-electron chi connectivity index (χ3n) is 4.94. The molecular formula is C19H24N6O. The fourth-order valence-electron chi connectivity index (χ4n) is 3.61. The number of hydrogen-bond acceptors (Lipinski definition) is 5. The standard InChI is InChI=1S/C19H24N6O/c1-14-5-3-4-6-17(14)25-11-15(9-22-25)10-24(2)12-18-16(7-8-26-18)19-20-13-21-23-19/h3-6,9,11,13,16,18H,7-8,10,12H2,1-2H3,(H,20,21,23)/t16-,18-/m1/s1. The summed E-state index contributed by atoms with van der Waals surface area (Å²) in [4.78, 5) is 6.58. The molecule has 0 radical (unpaired) electrons. The van der Waals surface area contributed by atoms with E-state index in [1.165, 1.54) is 11.1 Å². The zero-order valence-corrected chi connectivity index (χ0v) is 15.2. The van der Waals surface area contributed by atoms with Gasteiger partial charge in [-0.3, -0.25) is 10.00 Å². The highest BCUT2D eigenvalue weighted by molar-refractivity contribution is 5.39. The van der Waals surface area contributed by atoms with Crippen LogP contribution in [0.25, 0.3) is 5.69 Å². The van der Waals surface area contributed by atoms with Gasteiger partial charge in [0.15, 0.2) is 0 Å². The van der Waals surface area contributed by atoms with Crippen LogP contribution in [0.2, 0.25) is 0 Å². The average Bonchev–Trinajstić information content (AvgIpc) is 3.36. The first-order valence-corrected chi connectivity index (χ1v) is 8.95. The lowest BCUT2D eigenvalue weighted by Gasteiger charge is -2.23. The number of aromatic amines is 1. The molecule has 136 valence electrons. The van der Waals surface area contributed by atoms with Crippen LogP contribution in [0.15, 0.2) is 43.0 Å². The zero-order valence-electron chi connectivity index (χ0n) is 15.2. The Labute approximate surface area is 153 Å². The van der Waals surface area contributed by atoms with Crippen LogP contribution >= 0.6 is 0 Å². The number of likely N-dealkylation sites (N-methyl/N-ethyl adjacent to an activating group) is 1. The van der Waals surface area contributed by atoms with Gasteiger partial charge in [0, 0.05) is 37.4 Å². The first kappa shape index (κ1) is 16.9. The Kier molecular flexibility index (Phi) is 4.81. The third kappa shape index (κ3) is 3.54. The van der Waals surface area contributed by atoms with Crippen LogP contribution in [0.5, 0.6) is 0 Å². The Morgan fingerprint density at radius 1 is 1.35 bits per heavy atom. The first-order chi connectivity index (χ1) is 12.7. The van der Waals surface area contributed by atoms with Crippen molar-refractivity contribution in [2.75, 3.05) is 20.2 Å². The second-order valence-electron chi connectivity index (χ2n) is 6.95. The molecule has 3 aromatic rings. The van der Waals surface area contributed by atoms with E-state index in [0.29, 0.717) is 0 Å². The Hall–Kier alpha value is -2.51. The van der Waals surface area contributed by atoms with Gasteiger partial charge in [0.05, 0.1) is 18.0 Å². The number of nitrogens with one attached hydrogen (secondary N) is 1. The van der Waals surface area contributed by atoms with Crippen molar-refractivity contribution in [1.29, 1.82) is 0 Å². The summed E-state index contributed by atoms with van der Waals surface area (Å²) in [6.45, 7) is 4.55. The van der Waals surface area contributed by atoms with Crippen LogP contribution in [0.4, 0.5) is 0 Å². The Bertz CT molecular complexity index is 843. The predicted octanol–water partition coefficient (Wildman–Crippen LogP) is 2.30. The van der Waals surface area contributed by atoms with Crippen LogP contribution in [0.3, 0.4) is 0 Å². The second-order valence-corrected chi connectivity index (χ2v) is 6.95. The summed E-state index contributed by atoms with van der Waals surface area (Å²) in [5.41, 5.74) is 3.51. The van der Waals surface area contributed by atoms with Crippen molar-refractivity contribution in [3.63, 3.8) is 0 Å². The maximum atomic E-state index is 5.94. The summed E-state index contributed by atoms with van der Waals surface area (Å²) in [7, 11) is 2.12. The van der Waals surface area contributed by atoms with E-state index in [2.05, 4.69) is 57.5 Å². The first-order valence-electron chi connectivity index (χ1n) is 8.95. The molecule has 0 amide bonds. The van der Waals surface area contributed by atoms with Gasteiger partial charge in [-0.2, -0.15) is 10.2 Å². The van der Waals surface area contributed by atoms with E-state index in [-0.39, 0.29) is 12.0 Å². The van der Waals surface area contributed by atoms with E-state index in [4.69, 9.17) is 4.74 Å². The molecule has 0 aliphatic carbocycles. The molecule has 4 rings (SSSR count). The molecule has 1 N–H and O–H groups in total. The van der Waals surface area contributed by atoms with Gasteiger partial charge in [0.1, 0.15) is 12.2 Å². The van der Waals surface area contributed by atoms with Gasteiger partial charge in [-0.15, -0.1) is 0 Å². The van der Waals surface area contributed by atoms with Crippen LogP contribution in [0, 0.1) is 6.92 Å². The van der Waals surface area contributed by atoms with Crippen LogP contribution in [0.1, 0.15) is 29.3 Å². The molecule has 26 heavy (non-hydrogen) atoms. The third-order valence-corrected chi connectivity index (χ3v) is 4.94. The Morgan fingerprint density at radius 2 is 2.23 bits per heavy atom. The molecule has 0 spiro atoms. The number of benzene rings is 1. The average molecular weight is 352 g/mol. The SMILES string of the molecule is Cc1ccccc1-n1cc(CN(C)C[C@H]2OCC[C@H]2c2ncn[nH]2)cn1. The highest BCUT2D eigenvalue weighted by atomic mass is 16.5. The van der Waals surface area contributed by atoms with Gasteiger partial charge in [-0.05, 0) is 32.0 Å². The number of H-pyrrole nitrogens is 1. The summed E-state index contributed by atoms with van der Waals surface area (Å²) in [6.07, 6.45) is 6.72. The number of rotatable bonds is 6. The van der Waals surface area contributed by atoms with Crippen molar-refractivity contribution in [2.45, 2.75) is 31.9 Å². The smallest absolute Gasteiger partial charge is 0.137 e. The topological polar surface area (TPSA) is 71.9 Å². The second kappa shape index (κ2) is 7.39. The number of aryl methyl sites for hydroxylation is 1. The highest BCUT2D eigenvalue weighted by Gasteiger charge is 2.32. The molecule has 0 unspecified atom stereocenters. The van der Waals surface area contributed by atoms with Gasteiger partial charge >= 0.3 is 0 Å². The van der Waals surface area contributed by atoms with E-state index in [1.54, 1.807) is 6.33 Å². The van der Waals surface area contributed by atoms with E-state index >= 15 is 0 Å². The maximum absolute atomic E-state index is 5.94. The minimum atomic E-state index is 0.138.